The van der Waals surface area contributed by atoms with Crippen LogP contribution >= 0.6 is 11.8 Å². The molecule has 1 rings (SSSR count). The molecule has 0 aromatic carbocycles. The van der Waals surface area contributed by atoms with Gasteiger partial charge in [-0.3, -0.25) is 5.43 Å². The van der Waals surface area contributed by atoms with Gasteiger partial charge in [0.2, 0.25) is 5.95 Å². The Morgan fingerprint density at radius 3 is 2.94 bits per heavy atom. The maximum absolute atomic E-state index is 5.29. The van der Waals surface area contributed by atoms with E-state index < -0.39 is 0 Å². The Labute approximate surface area is 101 Å². The first-order valence-corrected chi connectivity index (χ1v) is 6.63. The number of thioether (sulfide) groups is 1. The molecule has 0 bridgehead atoms. The summed E-state index contributed by atoms with van der Waals surface area (Å²) in [5, 5.41) is 0. The molecule has 0 aliphatic carbocycles. The summed E-state index contributed by atoms with van der Waals surface area (Å²) < 4.78 is 0. The van der Waals surface area contributed by atoms with Crippen molar-refractivity contribution in [1.29, 1.82) is 0 Å². The van der Waals surface area contributed by atoms with Crippen LogP contribution in [0.15, 0.2) is 12.3 Å². The number of aromatic nitrogens is 2. The molecule has 0 spiro atoms. The van der Waals surface area contributed by atoms with Gasteiger partial charge in [0.05, 0.1) is 0 Å². The van der Waals surface area contributed by atoms with Crippen LogP contribution in [0.3, 0.4) is 0 Å². The van der Waals surface area contributed by atoms with Crippen LogP contribution in [0.2, 0.25) is 0 Å². The fourth-order valence-corrected chi connectivity index (χ4v) is 2.34. The van der Waals surface area contributed by atoms with E-state index in [9.17, 15) is 0 Å². The van der Waals surface area contributed by atoms with Crippen LogP contribution in [0.4, 0.5) is 11.8 Å². The van der Waals surface area contributed by atoms with Crippen LogP contribution in [0, 0.1) is 0 Å². The summed E-state index contributed by atoms with van der Waals surface area (Å²) in [7, 11) is 2.05. The number of nitrogen functional groups attached to an aromatic ring is 1. The second kappa shape index (κ2) is 6.55. The lowest BCUT2D eigenvalue weighted by molar-refractivity contribution is 0.665. The normalized spacial score (nSPS) is 12.2. The number of rotatable bonds is 6. The van der Waals surface area contributed by atoms with E-state index in [4.69, 9.17) is 5.84 Å². The van der Waals surface area contributed by atoms with E-state index in [0.717, 1.165) is 18.0 Å². The number of nitrogens with zero attached hydrogens (tertiary/aromatic N) is 3. The summed E-state index contributed by atoms with van der Waals surface area (Å²) in [4.78, 5) is 10.5. The van der Waals surface area contributed by atoms with Crippen molar-refractivity contribution >= 4 is 23.5 Å². The van der Waals surface area contributed by atoms with E-state index in [-0.39, 0.29) is 0 Å². The second-order valence-corrected chi connectivity index (χ2v) is 4.42. The van der Waals surface area contributed by atoms with Gasteiger partial charge in [0.15, 0.2) is 0 Å². The predicted molar refractivity (Wildman–Crippen MR) is 70.7 cm³/mol. The standard InChI is InChI=1S/C10H19N5S/c1-4-8(7-16-3)15(2)9-5-6-12-10(13-9)14-11/h5-6,8H,4,7,11H2,1-3H3,(H,12,13,14). The lowest BCUT2D eigenvalue weighted by atomic mass is 10.2. The maximum Gasteiger partial charge on any atom is 0.239 e. The number of anilines is 2. The molecule has 1 unspecified atom stereocenters. The molecule has 0 saturated heterocycles. The van der Waals surface area contributed by atoms with Gasteiger partial charge in [-0.1, -0.05) is 6.92 Å². The lowest BCUT2D eigenvalue weighted by Crippen LogP contribution is -2.34. The number of hydrazine groups is 1. The molecule has 0 fully saturated rings. The summed E-state index contributed by atoms with van der Waals surface area (Å²) in [5.41, 5.74) is 2.46. The molecule has 1 aromatic heterocycles. The van der Waals surface area contributed by atoms with Gasteiger partial charge in [0.25, 0.3) is 0 Å². The van der Waals surface area contributed by atoms with Gasteiger partial charge in [-0.25, -0.2) is 10.8 Å². The zero-order valence-electron chi connectivity index (χ0n) is 9.97. The average Bonchev–Trinajstić information content (AvgIpc) is 2.35. The summed E-state index contributed by atoms with van der Waals surface area (Å²) in [6.07, 6.45) is 4.91. The summed E-state index contributed by atoms with van der Waals surface area (Å²) in [5.74, 6) is 7.71. The molecule has 1 atom stereocenters. The number of hydrogen-bond acceptors (Lipinski definition) is 6. The van der Waals surface area contributed by atoms with Crippen molar-refractivity contribution in [3.05, 3.63) is 12.3 Å². The molecular weight excluding hydrogens is 222 g/mol. The van der Waals surface area contributed by atoms with Crippen LogP contribution < -0.4 is 16.2 Å². The smallest absolute Gasteiger partial charge is 0.239 e. The molecule has 0 aliphatic rings. The monoisotopic (exact) mass is 241 g/mol. The van der Waals surface area contributed by atoms with E-state index in [2.05, 4.69) is 33.5 Å². The van der Waals surface area contributed by atoms with Gasteiger partial charge < -0.3 is 4.90 Å². The molecule has 1 aromatic rings. The van der Waals surface area contributed by atoms with Crippen molar-refractivity contribution in [3.63, 3.8) is 0 Å². The highest BCUT2D eigenvalue weighted by atomic mass is 32.2. The number of hydrogen-bond donors (Lipinski definition) is 2. The van der Waals surface area contributed by atoms with E-state index in [1.165, 1.54) is 0 Å². The molecule has 0 radical (unpaired) electrons. The largest absolute Gasteiger partial charge is 0.356 e. The van der Waals surface area contributed by atoms with Crippen molar-refractivity contribution in [2.24, 2.45) is 5.84 Å². The quantitative estimate of drug-likeness (QED) is 0.579. The molecule has 0 saturated carbocycles. The van der Waals surface area contributed by atoms with Crippen LogP contribution in [-0.2, 0) is 0 Å². The third-order valence-electron chi connectivity index (χ3n) is 2.51. The Bertz CT molecular complexity index is 320. The molecule has 0 aliphatic heterocycles. The first-order chi connectivity index (χ1) is 7.72. The van der Waals surface area contributed by atoms with Crippen molar-refractivity contribution in [2.45, 2.75) is 19.4 Å². The van der Waals surface area contributed by atoms with Gasteiger partial charge in [-0.15, -0.1) is 0 Å². The minimum absolute atomic E-state index is 0.448. The van der Waals surface area contributed by atoms with E-state index in [0.29, 0.717) is 12.0 Å². The Hall–Kier alpha value is -1.01. The van der Waals surface area contributed by atoms with Crippen molar-refractivity contribution in [3.8, 4) is 0 Å². The average molecular weight is 241 g/mol. The molecule has 16 heavy (non-hydrogen) atoms. The van der Waals surface area contributed by atoms with Crippen molar-refractivity contribution < 1.29 is 0 Å². The first-order valence-electron chi connectivity index (χ1n) is 5.24. The third kappa shape index (κ3) is 3.24. The summed E-state index contributed by atoms with van der Waals surface area (Å²) >= 11 is 1.84. The van der Waals surface area contributed by atoms with Gasteiger partial charge in [-0.05, 0) is 18.7 Å². The minimum atomic E-state index is 0.448. The lowest BCUT2D eigenvalue weighted by Gasteiger charge is -2.27. The highest BCUT2D eigenvalue weighted by Gasteiger charge is 2.14. The molecule has 5 nitrogen and oxygen atoms in total. The highest BCUT2D eigenvalue weighted by Crippen LogP contribution is 2.16. The van der Waals surface area contributed by atoms with Gasteiger partial charge in [-0.2, -0.15) is 16.7 Å². The van der Waals surface area contributed by atoms with Gasteiger partial charge in [0.1, 0.15) is 5.82 Å². The minimum Gasteiger partial charge on any atom is -0.356 e. The van der Waals surface area contributed by atoms with E-state index >= 15 is 0 Å². The predicted octanol–water partition coefficient (Wildman–Crippen LogP) is 1.34. The second-order valence-electron chi connectivity index (χ2n) is 3.51. The Morgan fingerprint density at radius 2 is 2.38 bits per heavy atom. The SMILES string of the molecule is CCC(CSC)N(C)c1ccnc(NN)n1. The molecule has 6 heteroatoms. The fourth-order valence-electron chi connectivity index (χ4n) is 1.50. The first kappa shape index (κ1) is 13.1. The number of nitrogens with one attached hydrogen (secondary N) is 1. The topological polar surface area (TPSA) is 67.1 Å². The van der Waals surface area contributed by atoms with E-state index in [1.54, 1.807) is 6.20 Å². The van der Waals surface area contributed by atoms with Gasteiger partial charge in [0, 0.05) is 25.0 Å². The maximum atomic E-state index is 5.29. The molecule has 1 heterocycles. The van der Waals surface area contributed by atoms with Crippen LogP contribution in [0.5, 0.6) is 0 Å². The van der Waals surface area contributed by atoms with Crippen LogP contribution in [-0.4, -0.2) is 35.1 Å². The number of nitrogens with two attached hydrogens (primary N) is 1. The molecule has 3 N–H and O–H groups in total. The zero-order chi connectivity index (χ0) is 12.0. The Morgan fingerprint density at radius 1 is 1.62 bits per heavy atom. The van der Waals surface area contributed by atoms with E-state index in [1.807, 2.05) is 24.9 Å². The van der Waals surface area contributed by atoms with Crippen LogP contribution in [0.25, 0.3) is 0 Å². The van der Waals surface area contributed by atoms with Crippen LogP contribution in [0.1, 0.15) is 13.3 Å². The highest BCUT2D eigenvalue weighted by molar-refractivity contribution is 7.98. The molecule has 0 amide bonds. The zero-order valence-corrected chi connectivity index (χ0v) is 10.8. The third-order valence-corrected chi connectivity index (χ3v) is 3.23. The Balaban J connectivity index is 2.80. The molecule has 90 valence electrons. The van der Waals surface area contributed by atoms with Gasteiger partial charge >= 0.3 is 0 Å². The fraction of sp³-hybridized carbons (Fsp3) is 0.600. The molecular formula is C10H19N5S. The Kier molecular flexibility index (Phi) is 5.34. The summed E-state index contributed by atoms with van der Waals surface area (Å²) in [6, 6.07) is 2.37. The summed E-state index contributed by atoms with van der Waals surface area (Å²) in [6.45, 7) is 2.18. The van der Waals surface area contributed by atoms with Crippen molar-refractivity contribution in [2.75, 3.05) is 29.4 Å². The van der Waals surface area contributed by atoms with Crippen molar-refractivity contribution in [1.82, 2.24) is 9.97 Å².